The number of anilines is 4. The Bertz CT molecular complexity index is 1950. The number of carbonyl (C=O) groups is 2. The van der Waals surface area contributed by atoms with Crippen molar-refractivity contribution in [1.29, 1.82) is 0 Å². The third-order valence-electron chi connectivity index (χ3n) is 11.7. The molecule has 3 saturated heterocycles. The van der Waals surface area contributed by atoms with Crippen molar-refractivity contribution >= 4 is 43.0 Å². The Morgan fingerprint density at radius 3 is 2.33 bits per heavy atom. The molecule has 3 aromatic carbocycles. The van der Waals surface area contributed by atoms with Crippen LogP contribution in [0.25, 0.3) is 0 Å². The summed E-state index contributed by atoms with van der Waals surface area (Å²) in [5.74, 6) is -0.701. The summed E-state index contributed by atoms with van der Waals surface area (Å²) in [7, 11) is -3.42. The van der Waals surface area contributed by atoms with Crippen LogP contribution in [0, 0.1) is 5.92 Å². The number of hydrogen-bond donors (Lipinski definition) is 2. The van der Waals surface area contributed by atoms with Crippen LogP contribution in [-0.4, -0.2) is 78.3 Å². The van der Waals surface area contributed by atoms with Crippen molar-refractivity contribution in [2.75, 3.05) is 41.1 Å². The maximum absolute atomic E-state index is 16.6. The summed E-state index contributed by atoms with van der Waals surface area (Å²) in [6.45, 7) is 7.60. The smallest absolute Gasteiger partial charge is 0.268 e. The Morgan fingerprint density at radius 2 is 1.65 bits per heavy atom. The number of aromatic nitrogens is 3. The van der Waals surface area contributed by atoms with Crippen LogP contribution in [0.2, 0.25) is 18.6 Å². The van der Waals surface area contributed by atoms with Gasteiger partial charge < -0.3 is 24.2 Å². The van der Waals surface area contributed by atoms with Gasteiger partial charge in [0.15, 0.2) is 5.60 Å². The first-order valence-electron chi connectivity index (χ1n) is 18.3. The monoisotopic (exact) mass is 723 g/mol. The van der Waals surface area contributed by atoms with E-state index in [0.29, 0.717) is 67.2 Å². The fourth-order valence-corrected chi connectivity index (χ4v) is 11.9. The van der Waals surface area contributed by atoms with Crippen LogP contribution in [0.4, 0.5) is 26.9 Å². The van der Waals surface area contributed by atoms with E-state index in [-0.39, 0.29) is 18.4 Å². The average molecular weight is 724 g/mol. The number of hydrogen-bond acceptors (Lipinski definition) is 8. The van der Waals surface area contributed by atoms with Gasteiger partial charge in [0, 0.05) is 59.9 Å². The highest BCUT2D eigenvalue weighted by atomic mass is 28.4. The number of rotatable bonds is 9. The van der Waals surface area contributed by atoms with Crippen molar-refractivity contribution in [3.05, 3.63) is 96.3 Å². The quantitative estimate of drug-likeness (QED) is 0.177. The van der Waals surface area contributed by atoms with Crippen molar-refractivity contribution < 1.29 is 23.5 Å². The lowest BCUT2D eigenvalue weighted by Crippen LogP contribution is -2.55. The number of piperidine rings is 1. The van der Waals surface area contributed by atoms with Crippen LogP contribution in [0.1, 0.15) is 37.4 Å². The molecule has 4 aliphatic heterocycles. The van der Waals surface area contributed by atoms with Gasteiger partial charge in [-0.25, -0.2) is 0 Å². The highest BCUT2D eigenvalue weighted by molar-refractivity contribution is 6.72. The maximum atomic E-state index is 16.6. The average Bonchev–Trinajstić information content (AvgIpc) is 3.86. The van der Waals surface area contributed by atoms with Crippen LogP contribution in [0.5, 0.6) is 0 Å². The van der Waals surface area contributed by atoms with Gasteiger partial charge >= 0.3 is 0 Å². The number of benzene rings is 3. The number of carbonyl (C=O) groups excluding carboxylic acids is 2. The van der Waals surface area contributed by atoms with E-state index in [1.54, 1.807) is 28.9 Å². The van der Waals surface area contributed by atoms with Gasteiger partial charge in [-0.15, -0.1) is 5.10 Å². The van der Waals surface area contributed by atoms with Gasteiger partial charge in [0.1, 0.15) is 5.54 Å². The molecular weight excluding hydrogens is 678 g/mol. The van der Waals surface area contributed by atoms with Crippen molar-refractivity contribution in [1.82, 2.24) is 20.3 Å². The van der Waals surface area contributed by atoms with Gasteiger partial charge in [0.25, 0.3) is 11.8 Å². The topological polar surface area (TPSA) is 116 Å². The summed E-state index contributed by atoms with van der Waals surface area (Å²) >= 11 is 0. The van der Waals surface area contributed by atoms with E-state index in [2.05, 4.69) is 32.7 Å². The number of nitrogens with one attached hydrogen (secondary N) is 1. The van der Waals surface area contributed by atoms with Gasteiger partial charge in [0.2, 0.25) is 8.41 Å². The number of aliphatic hydroxyl groups is 1. The van der Waals surface area contributed by atoms with E-state index in [1.807, 2.05) is 78.6 Å². The van der Waals surface area contributed by atoms with Gasteiger partial charge in [-0.1, -0.05) is 48.5 Å². The molecule has 11 nitrogen and oxygen atoms in total. The molecule has 2 amide bonds. The maximum Gasteiger partial charge on any atom is 0.268 e. The molecule has 4 aromatic rings. The molecule has 4 aliphatic rings. The first kappa shape index (κ1) is 34.6. The highest BCUT2D eigenvalue weighted by Gasteiger charge is 2.67. The zero-order chi connectivity index (χ0) is 36.3. The molecule has 3 fully saturated rings. The zero-order valence-corrected chi connectivity index (χ0v) is 30.9. The van der Waals surface area contributed by atoms with E-state index in [0.717, 1.165) is 18.8 Å². The summed E-state index contributed by atoms with van der Waals surface area (Å²) < 4.78 is 25.3. The minimum absolute atomic E-state index is 0.0267. The zero-order valence-electron chi connectivity index (χ0n) is 29.9. The van der Waals surface area contributed by atoms with Gasteiger partial charge in [-0.3, -0.25) is 24.1 Å². The van der Waals surface area contributed by atoms with Gasteiger partial charge in [-0.2, -0.15) is 0 Å². The van der Waals surface area contributed by atoms with Gasteiger partial charge in [-0.05, 0) is 87.9 Å². The largest absolute Gasteiger partial charge is 0.396 e. The lowest BCUT2D eigenvalue weighted by Gasteiger charge is -2.39. The van der Waals surface area contributed by atoms with E-state index >= 15 is 8.90 Å². The number of amides is 2. The van der Waals surface area contributed by atoms with E-state index < -0.39 is 37.1 Å². The first-order valence-corrected chi connectivity index (χ1v) is 21.3. The van der Waals surface area contributed by atoms with Crippen LogP contribution in [-0.2, 0) is 32.9 Å². The normalized spacial score (nSPS) is 25.6. The SMILES string of the molecule is C[C@H]1[C@H]([Si](C)(C)F)[C@@H](CCn2cc(CCO)nn2)O[C@]12C(=O)N(c1ccccc1)c1ccc(N3CN(c4ccccc4)C4(CCNCC4)C3=O)cc12. The second kappa shape index (κ2) is 13.2. The molecule has 2 N–H and O–H groups in total. The van der Waals surface area contributed by atoms with Gasteiger partial charge in [0.05, 0.1) is 24.2 Å². The molecule has 272 valence electrons. The van der Waals surface area contributed by atoms with Crippen molar-refractivity contribution in [2.24, 2.45) is 5.92 Å². The molecule has 5 heterocycles. The molecule has 0 saturated carbocycles. The lowest BCUT2D eigenvalue weighted by atomic mass is 9.82. The third-order valence-corrected chi connectivity index (χ3v) is 14.2. The highest BCUT2D eigenvalue weighted by Crippen LogP contribution is 2.61. The third kappa shape index (κ3) is 5.48. The Morgan fingerprint density at radius 1 is 0.962 bits per heavy atom. The van der Waals surface area contributed by atoms with E-state index in [1.165, 1.54) is 0 Å². The van der Waals surface area contributed by atoms with Crippen LogP contribution < -0.4 is 20.0 Å². The molecule has 1 aromatic heterocycles. The summed E-state index contributed by atoms with van der Waals surface area (Å²) in [5.41, 5.74) is 1.75. The predicted octanol–water partition coefficient (Wildman–Crippen LogP) is 5.29. The minimum atomic E-state index is -3.42. The summed E-state index contributed by atoms with van der Waals surface area (Å²) in [6.07, 6.45) is 3.41. The van der Waals surface area contributed by atoms with Crippen molar-refractivity contribution in [2.45, 2.75) is 75.0 Å². The molecule has 13 heteroatoms. The standard InChI is InChI=1S/C39H46FN7O4Si/c1-27-35(52(2,3)40)34(16-22-44-25-28(17-23-48)42-43-44)51-39(27)32-24-31(14-15-33(32)47(37(39)50)30-12-8-5-9-13-30)45-26-46(29-10-6-4-7-11-29)38(36(45)49)18-20-41-21-19-38/h4-15,24-25,27,34-35,41,48H,16-23,26H2,1-3H3/t27-,34+,35-,39+/m0/s1. The Labute approximate surface area is 304 Å². The van der Waals surface area contributed by atoms with Crippen LogP contribution in [0.3, 0.4) is 0 Å². The van der Waals surface area contributed by atoms with Crippen LogP contribution in [0.15, 0.2) is 85.1 Å². The first-order chi connectivity index (χ1) is 25.1. The number of aliphatic hydroxyl groups excluding tert-OH is 1. The number of aryl methyl sites for hydroxylation is 1. The number of ether oxygens (including phenoxy) is 1. The molecule has 0 radical (unpaired) electrons. The fourth-order valence-electron chi connectivity index (χ4n) is 9.34. The molecule has 4 atom stereocenters. The molecule has 0 aliphatic carbocycles. The molecule has 0 unspecified atom stereocenters. The molecule has 52 heavy (non-hydrogen) atoms. The Kier molecular flexibility index (Phi) is 8.80. The summed E-state index contributed by atoms with van der Waals surface area (Å²) in [5, 5.41) is 21.1. The minimum Gasteiger partial charge on any atom is -0.396 e. The predicted molar refractivity (Wildman–Crippen MR) is 200 cm³/mol. The second-order valence-corrected chi connectivity index (χ2v) is 18.9. The molecular formula is C39H46FN7O4Si. The summed E-state index contributed by atoms with van der Waals surface area (Å²) in [4.78, 5) is 35.5. The number of para-hydroxylation sites is 2. The molecule has 2 spiro atoms. The summed E-state index contributed by atoms with van der Waals surface area (Å²) in [6, 6.07) is 25.4. The van der Waals surface area contributed by atoms with Crippen molar-refractivity contribution in [3.63, 3.8) is 0 Å². The van der Waals surface area contributed by atoms with E-state index in [9.17, 15) is 9.90 Å². The number of nitrogens with zero attached hydrogens (tertiary/aromatic N) is 6. The molecule has 8 rings (SSSR count). The van der Waals surface area contributed by atoms with Crippen molar-refractivity contribution in [3.8, 4) is 0 Å². The molecule has 0 bridgehead atoms. The van der Waals surface area contributed by atoms with E-state index in [4.69, 9.17) is 4.74 Å². The Balaban J connectivity index is 1.21. The number of halogens is 1. The second-order valence-electron chi connectivity index (χ2n) is 15.1. The lowest BCUT2D eigenvalue weighted by molar-refractivity contribution is -0.145. The fraction of sp³-hybridized carbons (Fsp3) is 0.436. The number of fused-ring (bicyclic) bond motifs is 2. The van der Waals surface area contributed by atoms with Crippen LogP contribution >= 0.6 is 0 Å². The Hall–Kier alpha value is -4.43.